The number of nitrogens with one attached hydrogen (secondary N) is 2. The van der Waals surface area contributed by atoms with Gasteiger partial charge in [0.25, 0.3) is 0 Å². The molecule has 0 aliphatic heterocycles. The summed E-state index contributed by atoms with van der Waals surface area (Å²) in [5, 5.41) is 6.90. The monoisotopic (exact) mass is 296 g/mol. The van der Waals surface area contributed by atoms with Crippen LogP contribution in [-0.4, -0.2) is 25.1 Å². The highest BCUT2D eigenvalue weighted by Gasteiger charge is 2.20. The van der Waals surface area contributed by atoms with Gasteiger partial charge in [-0.25, -0.2) is 0 Å². The minimum Gasteiger partial charge on any atom is -0.493 e. The second-order valence-electron chi connectivity index (χ2n) is 4.96. The smallest absolute Gasteiger partial charge is 0.223 e. The Hall–Kier alpha value is -1.26. The minimum atomic E-state index is 0.0131. The lowest BCUT2D eigenvalue weighted by atomic mass is 10.2. The van der Waals surface area contributed by atoms with Crippen LogP contribution in [0.5, 0.6) is 5.75 Å². The molecule has 0 heterocycles. The summed E-state index contributed by atoms with van der Waals surface area (Å²) in [7, 11) is 0. The molecular formula is C15H21ClN2O2. The Bertz CT molecular complexity index is 461. The second kappa shape index (κ2) is 7.50. The lowest BCUT2D eigenvalue weighted by molar-refractivity contribution is -0.121. The number of benzene rings is 1. The summed E-state index contributed by atoms with van der Waals surface area (Å²) in [5.74, 6) is 0.811. The number of ether oxygens (including phenoxy) is 1. The van der Waals surface area contributed by atoms with Crippen molar-refractivity contribution in [3.63, 3.8) is 0 Å². The van der Waals surface area contributed by atoms with Gasteiger partial charge in [0.05, 0.1) is 13.0 Å². The van der Waals surface area contributed by atoms with Gasteiger partial charge in [-0.15, -0.1) is 0 Å². The van der Waals surface area contributed by atoms with Crippen LogP contribution in [0.1, 0.15) is 31.7 Å². The third-order valence-corrected chi connectivity index (χ3v) is 3.38. The summed E-state index contributed by atoms with van der Waals surface area (Å²) in [6.07, 6.45) is 2.86. The molecule has 20 heavy (non-hydrogen) atoms. The fourth-order valence-electron chi connectivity index (χ4n) is 1.91. The van der Waals surface area contributed by atoms with Crippen LogP contribution < -0.4 is 15.4 Å². The van der Waals surface area contributed by atoms with E-state index in [0.717, 1.165) is 17.9 Å². The summed E-state index contributed by atoms with van der Waals surface area (Å²) in [6.45, 7) is 3.68. The summed E-state index contributed by atoms with van der Waals surface area (Å²) in [5.41, 5.74) is 1.04. The van der Waals surface area contributed by atoms with Crippen molar-refractivity contribution in [3.8, 4) is 5.75 Å². The quantitative estimate of drug-likeness (QED) is 0.775. The first-order valence-electron chi connectivity index (χ1n) is 7.10. The number of hydrogen-bond donors (Lipinski definition) is 2. The second-order valence-corrected chi connectivity index (χ2v) is 5.40. The van der Waals surface area contributed by atoms with Gasteiger partial charge in [0, 0.05) is 29.7 Å². The third kappa shape index (κ3) is 5.02. The van der Waals surface area contributed by atoms with Gasteiger partial charge in [-0.3, -0.25) is 4.79 Å². The van der Waals surface area contributed by atoms with E-state index in [2.05, 4.69) is 10.6 Å². The van der Waals surface area contributed by atoms with Crippen LogP contribution in [0, 0.1) is 0 Å². The van der Waals surface area contributed by atoms with E-state index in [-0.39, 0.29) is 5.91 Å². The van der Waals surface area contributed by atoms with Crippen molar-refractivity contribution in [2.24, 2.45) is 0 Å². The van der Waals surface area contributed by atoms with Gasteiger partial charge in [-0.2, -0.15) is 0 Å². The third-order valence-electron chi connectivity index (χ3n) is 3.14. The van der Waals surface area contributed by atoms with Gasteiger partial charge in [0.2, 0.25) is 5.91 Å². The molecule has 0 aromatic heterocycles. The maximum Gasteiger partial charge on any atom is 0.223 e. The highest BCUT2D eigenvalue weighted by atomic mass is 35.5. The Morgan fingerprint density at radius 1 is 1.45 bits per heavy atom. The molecule has 2 rings (SSSR count). The van der Waals surface area contributed by atoms with Crippen LogP contribution in [0.2, 0.25) is 5.02 Å². The highest BCUT2D eigenvalue weighted by molar-refractivity contribution is 6.30. The number of hydrogen-bond acceptors (Lipinski definition) is 3. The van der Waals surface area contributed by atoms with Crippen LogP contribution in [0.15, 0.2) is 18.2 Å². The predicted molar refractivity (Wildman–Crippen MR) is 80.1 cm³/mol. The number of rotatable bonds is 8. The molecule has 1 amide bonds. The lowest BCUT2D eigenvalue weighted by Gasteiger charge is -2.12. The molecule has 1 aliphatic carbocycles. The molecule has 110 valence electrons. The van der Waals surface area contributed by atoms with Crippen LogP contribution >= 0.6 is 11.6 Å². The average Bonchev–Trinajstić information content (AvgIpc) is 3.23. The van der Waals surface area contributed by atoms with Gasteiger partial charge < -0.3 is 15.4 Å². The molecule has 2 N–H and O–H groups in total. The number of halogens is 1. The van der Waals surface area contributed by atoms with Gasteiger partial charge in [-0.1, -0.05) is 11.6 Å². The van der Waals surface area contributed by atoms with E-state index in [4.69, 9.17) is 16.3 Å². The predicted octanol–water partition coefficient (Wildman–Crippen LogP) is 2.50. The Morgan fingerprint density at radius 2 is 2.25 bits per heavy atom. The summed E-state index contributed by atoms with van der Waals surface area (Å²) >= 11 is 6.03. The van der Waals surface area contributed by atoms with E-state index in [9.17, 15) is 4.79 Å². The Balaban J connectivity index is 1.86. The van der Waals surface area contributed by atoms with Crippen molar-refractivity contribution in [1.29, 1.82) is 0 Å². The Labute approximate surface area is 124 Å². The SMILES string of the molecule is CCNC(=O)CCOc1ccc(Cl)cc1CNC1CC1. The van der Waals surface area contributed by atoms with E-state index < -0.39 is 0 Å². The van der Waals surface area contributed by atoms with Crippen LogP contribution in [0.4, 0.5) is 0 Å². The van der Waals surface area contributed by atoms with Gasteiger partial charge in [0.1, 0.15) is 5.75 Å². The average molecular weight is 297 g/mol. The zero-order valence-corrected chi connectivity index (χ0v) is 12.5. The van der Waals surface area contributed by atoms with Crippen LogP contribution in [0.3, 0.4) is 0 Å². The van der Waals surface area contributed by atoms with Crippen molar-refractivity contribution in [2.75, 3.05) is 13.2 Å². The summed E-state index contributed by atoms with van der Waals surface area (Å²) in [4.78, 5) is 11.4. The maximum absolute atomic E-state index is 11.4. The number of carbonyl (C=O) groups excluding carboxylic acids is 1. The molecule has 0 saturated heterocycles. The van der Waals surface area contributed by atoms with Crippen LogP contribution in [-0.2, 0) is 11.3 Å². The fraction of sp³-hybridized carbons (Fsp3) is 0.533. The molecular weight excluding hydrogens is 276 g/mol. The van der Waals surface area contributed by atoms with Crippen molar-refractivity contribution >= 4 is 17.5 Å². The molecule has 1 aliphatic rings. The molecule has 1 aromatic rings. The van der Waals surface area contributed by atoms with Crippen molar-refractivity contribution in [3.05, 3.63) is 28.8 Å². The minimum absolute atomic E-state index is 0.0131. The molecule has 0 spiro atoms. The first-order chi connectivity index (χ1) is 9.69. The number of amides is 1. The molecule has 1 fully saturated rings. The standard InChI is InChI=1S/C15H21ClN2O2/c1-2-17-15(19)7-8-20-14-6-3-12(16)9-11(14)10-18-13-4-5-13/h3,6,9,13,18H,2,4-5,7-8,10H2,1H3,(H,17,19). The van der Waals surface area contributed by atoms with Crippen LogP contribution in [0.25, 0.3) is 0 Å². The lowest BCUT2D eigenvalue weighted by Crippen LogP contribution is -2.24. The molecule has 0 bridgehead atoms. The fourth-order valence-corrected chi connectivity index (χ4v) is 2.10. The van der Waals surface area contributed by atoms with E-state index in [0.29, 0.717) is 30.6 Å². The summed E-state index contributed by atoms with van der Waals surface area (Å²) < 4.78 is 5.70. The van der Waals surface area contributed by atoms with E-state index in [1.54, 1.807) is 0 Å². The first-order valence-corrected chi connectivity index (χ1v) is 7.48. The molecule has 0 unspecified atom stereocenters. The molecule has 0 radical (unpaired) electrons. The molecule has 1 aromatic carbocycles. The van der Waals surface area contributed by atoms with Gasteiger partial charge >= 0.3 is 0 Å². The van der Waals surface area contributed by atoms with E-state index in [1.165, 1.54) is 12.8 Å². The van der Waals surface area contributed by atoms with E-state index >= 15 is 0 Å². The van der Waals surface area contributed by atoms with E-state index in [1.807, 2.05) is 25.1 Å². The Morgan fingerprint density at radius 3 is 2.95 bits per heavy atom. The zero-order chi connectivity index (χ0) is 14.4. The largest absolute Gasteiger partial charge is 0.493 e. The molecule has 5 heteroatoms. The maximum atomic E-state index is 11.4. The molecule has 0 atom stereocenters. The normalized spacial score (nSPS) is 14.1. The molecule has 4 nitrogen and oxygen atoms in total. The summed E-state index contributed by atoms with van der Waals surface area (Å²) in [6, 6.07) is 6.23. The van der Waals surface area contributed by atoms with Crippen molar-refractivity contribution < 1.29 is 9.53 Å². The zero-order valence-electron chi connectivity index (χ0n) is 11.7. The van der Waals surface area contributed by atoms with Crippen molar-refractivity contribution in [2.45, 2.75) is 38.8 Å². The molecule has 1 saturated carbocycles. The van der Waals surface area contributed by atoms with Gasteiger partial charge in [-0.05, 0) is 38.0 Å². The topological polar surface area (TPSA) is 50.4 Å². The number of carbonyl (C=O) groups is 1. The highest BCUT2D eigenvalue weighted by Crippen LogP contribution is 2.25. The van der Waals surface area contributed by atoms with Crippen molar-refractivity contribution in [1.82, 2.24) is 10.6 Å². The first kappa shape index (κ1) is 15.1. The Kier molecular flexibility index (Phi) is 5.68. The van der Waals surface area contributed by atoms with Gasteiger partial charge in [0.15, 0.2) is 0 Å².